The zero-order valence-electron chi connectivity index (χ0n) is 17.2. The van der Waals surface area contributed by atoms with Crippen LogP contribution in [0.25, 0.3) is 0 Å². The molecule has 2 aromatic rings. The van der Waals surface area contributed by atoms with Gasteiger partial charge in [-0.3, -0.25) is 9.79 Å². The molecule has 0 aliphatic heterocycles. The van der Waals surface area contributed by atoms with Crippen LogP contribution in [0.3, 0.4) is 0 Å². The van der Waals surface area contributed by atoms with Crippen LogP contribution >= 0.6 is 35.3 Å². The van der Waals surface area contributed by atoms with Gasteiger partial charge in [0.2, 0.25) is 0 Å². The highest BCUT2D eigenvalue weighted by Gasteiger charge is 2.05. The van der Waals surface area contributed by atoms with Crippen molar-refractivity contribution >= 4 is 47.2 Å². The first kappa shape index (κ1) is 25.2. The fourth-order valence-corrected chi connectivity index (χ4v) is 3.28. The second-order valence-corrected chi connectivity index (χ2v) is 7.20. The van der Waals surface area contributed by atoms with Crippen LogP contribution in [-0.4, -0.2) is 50.1 Å². The number of nitrogens with zero attached hydrogens (tertiary/aromatic N) is 2. The summed E-state index contributed by atoms with van der Waals surface area (Å²) in [6.07, 6.45) is 3.79. The Kier molecular flexibility index (Phi) is 12.3. The SMILES string of the molecule is CCNC(=NCCc1ncc(CC)s1)NCCNC(=O)c1ccc(OC)cc1.I. The average molecular weight is 531 g/mol. The number of rotatable bonds is 10. The monoisotopic (exact) mass is 531 g/mol. The van der Waals surface area contributed by atoms with Crippen molar-refractivity contribution in [1.82, 2.24) is 20.9 Å². The molecule has 0 bridgehead atoms. The Morgan fingerprint density at radius 3 is 2.48 bits per heavy atom. The third kappa shape index (κ3) is 8.99. The normalized spacial score (nSPS) is 10.8. The van der Waals surface area contributed by atoms with Crippen LogP contribution in [0.5, 0.6) is 5.75 Å². The third-order valence-corrected chi connectivity index (χ3v) is 5.15. The van der Waals surface area contributed by atoms with Crippen LogP contribution in [0.1, 0.15) is 34.1 Å². The van der Waals surface area contributed by atoms with Crippen LogP contribution < -0.4 is 20.7 Å². The summed E-state index contributed by atoms with van der Waals surface area (Å²) in [7, 11) is 1.60. The van der Waals surface area contributed by atoms with Crippen LogP contribution in [0.2, 0.25) is 0 Å². The van der Waals surface area contributed by atoms with Gasteiger partial charge in [-0.15, -0.1) is 35.3 Å². The highest BCUT2D eigenvalue weighted by molar-refractivity contribution is 14.0. The molecule has 0 saturated carbocycles. The van der Waals surface area contributed by atoms with E-state index in [0.29, 0.717) is 25.2 Å². The third-order valence-electron chi connectivity index (χ3n) is 3.94. The van der Waals surface area contributed by atoms with Gasteiger partial charge in [-0.2, -0.15) is 0 Å². The average Bonchev–Trinajstić information content (AvgIpc) is 3.19. The van der Waals surface area contributed by atoms with Crippen molar-refractivity contribution in [2.24, 2.45) is 4.99 Å². The maximum atomic E-state index is 12.1. The smallest absolute Gasteiger partial charge is 0.251 e. The van der Waals surface area contributed by atoms with Crippen molar-refractivity contribution in [3.05, 3.63) is 45.9 Å². The van der Waals surface area contributed by atoms with E-state index in [1.165, 1.54) is 4.88 Å². The Hall–Kier alpha value is -1.88. The Bertz CT molecular complexity index is 764. The van der Waals surface area contributed by atoms with E-state index in [4.69, 9.17) is 4.74 Å². The molecule has 1 amide bonds. The summed E-state index contributed by atoms with van der Waals surface area (Å²) >= 11 is 1.75. The van der Waals surface area contributed by atoms with Crippen LogP contribution in [0.15, 0.2) is 35.5 Å². The van der Waals surface area contributed by atoms with Crippen molar-refractivity contribution in [3.63, 3.8) is 0 Å². The van der Waals surface area contributed by atoms with E-state index in [1.807, 2.05) is 13.1 Å². The van der Waals surface area contributed by atoms with E-state index in [0.717, 1.165) is 36.1 Å². The van der Waals surface area contributed by atoms with Crippen LogP contribution in [0.4, 0.5) is 0 Å². The number of carbonyl (C=O) groups is 1. The molecule has 7 nitrogen and oxygen atoms in total. The zero-order chi connectivity index (χ0) is 20.2. The molecular weight excluding hydrogens is 501 g/mol. The van der Waals surface area contributed by atoms with Crippen LogP contribution in [-0.2, 0) is 12.8 Å². The Morgan fingerprint density at radius 1 is 1.14 bits per heavy atom. The molecule has 0 aliphatic carbocycles. The summed E-state index contributed by atoms with van der Waals surface area (Å²) in [6.45, 7) is 6.70. The lowest BCUT2D eigenvalue weighted by Crippen LogP contribution is -2.41. The number of hydrogen-bond acceptors (Lipinski definition) is 5. The number of amides is 1. The molecule has 29 heavy (non-hydrogen) atoms. The molecule has 0 radical (unpaired) electrons. The van der Waals surface area contributed by atoms with E-state index in [-0.39, 0.29) is 29.9 Å². The van der Waals surface area contributed by atoms with E-state index >= 15 is 0 Å². The first-order valence-electron chi connectivity index (χ1n) is 9.54. The quantitative estimate of drug-likeness (QED) is 0.190. The fraction of sp³-hybridized carbons (Fsp3) is 0.450. The first-order chi connectivity index (χ1) is 13.7. The molecular formula is C20H30IN5O2S. The lowest BCUT2D eigenvalue weighted by Gasteiger charge is -2.12. The molecule has 0 saturated heterocycles. The van der Waals surface area contributed by atoms with Gasteiger partial charge in [0, 0.05) is 49.2 Å². The summed E-state index contributed by atoms with van der Waals surface area (Å²) in [5.41, 5.74) is 0.608. The molecule has 0 spiro atoms. The van der Waals surface area contributed by atoms with Gasteiger partial charge in [0.1, 0.15) is 5.75 Å². The molecule has 1 aromatic carbocycles. The predicted molar refractivity (Wildman–Crippen MR) is 130 cm³/mol. The summed E-state index contributed by atoms with van der Waals surface area (Å²) in [6, 6.07) is 7.04. The second-order valence-electron chi connectivity index (χ2n) is 6.00. The molecule has 2 rings (SSSR count). The largest absolute Gasteiger partial charge is 0.497 e. The minimum atomic E-state index is -0.109. The predicted octanol–water partition coefficient (Wildman–Crippen LogP) is 2.86. The minimum Gasteiger partial charge on any atom is -0.497 e. The first-order valence-corrected chi connectivity index (χ1v) is 10.4. The molecule has 3 N–H and O–H groups in total. The Morgan fingerprint density at radius 2 is 1.86 bits per heavy atom. The van der Waals surface area contributed by atoms with Gasteiger partial charge in [0.15, 0.2) is 5.96 Å². The number of aromatic nitrogens is 1. The number of carbonyl (C=O) groups excluding carboxylic acids is 1. The van der Waals surface area contributed by atoms with E-state index < -0.39 is 0 Å². The van der Waals surface area contributed by atoms with E-state index in [2.05, 4.69) is 32.9 Å². The fourth-order valence-electron chi connectivity index (χ4n) is 2.43. The molecule has 0 aliphatic rings. The molecule has 0 fully saturated rings. The number of aliphatic imine (C=N–C) groups is 1. The van der Waals surface area contributed by atoms with Crippen molar-refractivity contribution < 1.29 is 9.53 Å². The van der Waals surface area contributed by atoms with Gasteiger partial charge in [-0.1, -0.05) is 6.92 Å². The molecule has 160 valence electrons. The number of aryl methyl sites for hydroxylation is 1. The van der Waals surface area contributed by atoms with E-state index in [1.54, 1.807) is 42.7 Å². The van der Waals surface area contributed by atoms with Gasteiger partial charge in [-0.05, 0) is 37.6 Å². The number of thiazole rings is 1. The van der Waals surface area contributed by atoms with Crippen molar-refractivity contribution in [1.29, 1.82) is 0 Å². The number of nitrogens with one attached hydrogen (secondary N) is 3. The van der Waals surface area contributed by atoms with Gasteiger partial charge in [0.25, 0.3) is 5.91 Å². The van der Waals surface area contributed by atoms with E-state index in [9.17, 15) is 4.79 Å². The van der Waals surface area contributed by atoms with Gasteiger partial charge < -0.3 is 20.7 Å². The van der Waals surface area contributed by atoms with Gasteiger partial charge in [0.05, 0.1) is 12.1 Å². The molecule has 9 heteroatoms. The minimum absolute atomic E-state index is 0. The summed E-state index contributed by atoms with van der Waals surface area (Å²) in [5.74, 6) is 1.36. The Labute approximate surface area is 193 Å². The summed E-state index contributed by atoms with van der Waals surface area (Å²) in [5, 5.41) is 10.5. The number of methoxy groups -OCH3 is 1. The highest BCUT2D eigenvalue weighted by Crippen LogP contribution is 2.13. The number of guanidine groups is 1. The topological polar surface area (TPSA) is 87.6 Å². The molecule has 1 heterocycles. The van der Waals surface area contributed by atoms with Gasteiger partial charge >= 0.3 is 0 Å². The number of ether oxygens (including phenoxy) is 1. The van der Waals surface area contributed by atoms with Crippen LogP contribution in [0, 0.1) is 0 Å². The van der Waals surface area contributed by atoms with Crippen molar-refractivity contribution in [3.8, 4) is 5.75 Å². The molecule has 1 aromatic heterocycles. The Balaban J connectivity index is 0.00000420. The number of benzene rings is 1. The lowest BCUT2D eigenvalue weighted by molar-refractivity contribution is 0.0954. The number of halogens is 1. The van der Waals surface area contributed by atoms with Crippen molar-refractivity contribution in [2.75, 3.05) is 33.3 Å². The second kappa shape index (κ2) is 14.2. The summed E-state index contributed by atoms with van der Waals surface area (Å²) in [4.78, 5) is 22.4. The highest BCUT2D eigenvalue weighted by atomic mass is 127. The van der Waals surface area contributed by atoms with Gasteiger partial charge in [-0.25, -0.2) is 4.98 Å². The molecule has 0 atom stereocenters. The maximum absolute atomic E-state index is 12.1. The standard InChI is InChI=1S/C20H29N5O2S.HI/c1-4-17-14-25-18(28-17)10-11-23-20(21-5-2)24-13-12-22-19(26)15-6-8-16(27-3)9-7-15;/h6-9,14H,4-5,10-13H2,1-3H3,(H,22,26)(H2,21,23,24);1H. The lowest BCUT2D eigenvalue weighted by atomic mass is 10.2. The molecule has 0 unspecified atom stereocenters. The number of hydrogen-bond donors (Lipinski definition) is 3. The summed E-state index contributed by atoms with van der Waals surface area (Å²) < 4.78 is 5.10. The maximum Gasteiger partial charge on any atom is 0.251 e. The van der Waals surface area contributed by atoms with Crippen molar-refractivity contribution in [2.45, 2.75) is 26.7 Å². The zero-order valence-corrected chi connectivity index (χ0v) is 20.3.